The zero-order valence-corrected chi connectivity index (χ0v) is 21.9. The minimum Gasteiger partial charge on any atom is -0.428 e. The minimum atomic E-state index is -1.24. The lowest BCUT2D eigenvalue weighted by atomic mass is 9.97. The zero-order valence-electron chi connectivity index (χ0n) is 21.9. The Hall–Kier alpha value is -3.63. The Bertz CT molecular complexity index is 928. The van der Waals surface area contributed by atoms with Crippen LogP contribution in [0.3, 0.4) is 0 Å². The van der Waals surface area contributed by atoms with Gasteiger partial charge in [0.2, 0.25) is 13.6 Å². The molecule has 0 saturated carbocycles. The Morgan fingerprint density at radius 3 is 1.75 bits per heavy atom. The van der Waals surface area contributed by atoms with E-state index in [1.54, 1.807) is 72.9 Å². The SMILES string of the molecule is CNc1ccc(C(=O)N[C@@H](CCC(=O)OCOC(=O)C(C)(C)C)C(=O)OCOC(=O)C(C)(C)C)cc1. The summed E-state index contributed by atoms with van der Waals surface area (Å²) in [6.07, 6.45) is -0.452. The first kappa shape index (κ1) is 30.4. The second-order valence-electron chi connectivity index (χ2n) is 9.97. The van der Waals surface area contributed by atoms with Gasteiger partial charge in [0.1, 0.15) is 6.04 Å². The molecule has 0 aliphatic heterocycles. The normalized spacial score (nSPS) is 12.1. The van der Waals surface area contributed by atoms with Crippen LogP contribution in [-0.2, 0) is 38.1 Å². The van der Waals surface area contributed by atoms with Crippen molar-refractivity contribution in [3.63, 3.8) is 0 Å². The number of carbonyl (C=O) groups excluding carboxylic acids is 5. The first-order valence-corrected chi connectivity index (χ1v) is 11.4. The largest absolute Gasteiger partial charge is 0.428 e. The summed E-state index contributed by atoms with van der Waals surface area (Å²) >= 11 is 0. The van der Waals surface area contributed by atoms with Gasteiger partial charge in [0.05, 0.1) is 10.8 Å². The molecule has 1 aromatic rings. The van der Waals surface area contributed by atoms with E-state index in [0.717, 1.165) is 5.69 Å². The van der Waals surface area contributed by atoms with E-state index in [1.807, 2.05) is 0 Å². The number of anilines is 1. The lowest BCUT2D eigenvalue weighted by molar-refractivity contribution is -0.174. The first-order valence-electron chi connectivity index (χ1n) is 11.4. The summed E-state index contributed by atoms with van der Waals surface area (Å²) in [4.78, 5) is 61.0. The molecule has 0 radical (unpaired) electrons. The predicted molar refractivity (Wildman–Crippen MR) is 129 cm³/mol. The Morgan fingerprint density at radius 1 is 0.778 bits per heavy atom. The average Bonchev–Trinajstić information content (AvgIpc) is 2.80. The van der Waals surface area contributed by atoms with Crippen LogP contribution in [0, 0.1) is 10.8 Å². The molecule has 0 unspecified atom stereocenters. The van der Waals surface area contributed by atoms with Gasteiger partial charge in [0.15, 0.2) is 0 Å². The van der Waals surface area contributed by atoms with Gasteiger partial charge in [-0.15, -0.1) is 0 Å². The van der Waals surface area contributed by atoms with Crippen molar-refractivity contribution in [1.29, 1.82) is 0 Å². The standard InChI is InChI=1S/C25H36N2O9/c1-24(2,3)22(31)35-14-33-19(28)13-12-18(21(30)34-15-36-23(32)25(4,5)6)27-20(29)16-8-10-17(26-7)11-9-16/h8-11,18,26H,12-15H2,1-7H3,(H,27,29)/t18-/m0/s1. The van der Waals surface area contributed by atoms with Crippen LogP contribution in [0.1, 0.15) is 64.7 Å². The van der Waals surface area contributed by atoms with Gasteiger partial charge >= 0.3 is 23.9 Å². The van der Waals surface area contributed by atoms with Gasteiger partial charge in [-0.25, -0.2) is 4.79 Å². The van der Waals surface area contributed by atoms with Crippen molar-refractivity contribution in [3.8, 4) is 0 Å². The molecule has 0 aliphatic carbocycles. The highest BCUT2D eigenvalue weighted by atomic mass is 16.7. The minimum absolute atomic E-state index is 0.168. The Morgan fingerprint density at radius 2 is 1.28 bits per heavy atom. The van der Waals surface area contributed by atoms with E-state index in [4.69, 9.17) is 18.9 Å². The Labute approximate surface area is 211 Å². The number of hydrogen-bond donors (Lipinski definition) is 2. The van der Waals surface area contributed by atoms with E-state index < -0.39 is 60.2 Å². The molecule has 0 bridgehead atoms. The van der Waals surface area contributed by atoms with E-state index >= 15 is 0 Å². The van der Waals surface area contributed by atoms with Crippen LogP contribution in [0.5, 0.6) is 0 Å². The van der Waals surface area contributed by atoms with Crippen molar-refractivity contribution < 1.29 is 42.9 Å². The molecule has 2 N–H and O–H groups in total. The molecule has 0 heterocycles. The molecule has 0 saturated heterocycles. The molecule has 11 heteroatoms. The molecule has 200 valence electrons. The number of rotatable bonds is 11. The predicted octanol–water partition coefficient (Wildman–Crippen LogP) is 2.79. The summed E-state index contributed by atoms with van der Waals surface area (Å²) in [6.45, 7) is 8.67. The van der Waals surface area contributed by atoms with Crippen LogP contribution in [-0.4, -0.2) is 56.5 Å². The molecule has 36 heavy (non-hydrogen) atoms. The molecule has 1 atom stereocenters. The fourth-order valence-electron chi connectivity index (χ4n) is 2.44. The van der Waals surface area contributed by atoms with Crippen LogP contribution in [0.2, 0.25) is 0 Å². The van der Waals surface area contributed by atoms with Gasteiger partial charge in [-0.05, 0) is 72.2 Å². The third kappa shape index (κ3) is 10.7. The summed E-state index contributed by atoms with van der Waals surface area (Å²) in [7, 11) is 1.73. The molecule has 0 fully saturated rings. The van der Waals surface area contributed by atoms with Gasteiger partial charge < -0.3 is 29.6 Å². The third-order valence-electron chi connectivity index (χ3n) is 4.69. The second-order valence-corrected chi connectivity index (χ2v) is 9.97. The number of esters is 4. The fourth-order valence-corrected chi connectivity index (χ4v) is 2.44. The lowest BCUT2D eigenvalue weighted by Gasteiger charge is -2.20. The summed E-state index contributed by atoms with van der Waals surface area (Å²) in [5, 5.41) is 5.45. The second kappa shape index (κ2) is 13.5. The number of benzene rings is 1. The molecule has 1 amide bonds. The quantitative estimate of drug-likeness (QED) is 0.338. The van der Waals surface area contributed by atoms with Gasteiger partial charge in [-0.2, -0.15) is 0 Å². The topological polar surface area (TPSA) is 146 Å². The maximum atomic E-state index is 12.7. The smallest absolute Gasteiger partial charge is 0.331 e. The lowest BCUT2D eigenvalue weighted by Crippen LogP contribution is -2.42. The van der Waals surface area contributed by atoms with E-state index in [0.29, 0.717) is 0 Å². The summed E-state index contributed by atoms with van der Waals surface area (Å²) in [6, 6.07) is 5.26. The van der Waals surface area contributed by atoms with Crippen molar-refractivity contribution in [3.05, 3.63) is 29.8 Å². The van der Waals surface area contributed by atoms with Gasteiger partial charge in [-0.3, -0.25) is 19.2 Å². The number of amides is 1. The zero-order chi connectivity index (χ0) is 27.5. The van der Waals surface area contributed by atoms with Gasteiger partial charge in [0, 0.05) is 24.7 Å². The maximum Gasteiger partial charge on any atom is 0.331 e. The molecule has 1 rings (SSSR count). The van der Waals surface area contributed by atoms with Crippen molar-refractivity contribution in [2.45, 2.75) is 60.4 Å². The monoisotopic (exact) mass is 508 g/mol. The third-order valence-corrected chi connectivity index (χ3v) is 4.69. The van der Waals surface area contributed by atoms with Crippen molar-refractivity contribution in [2.24, 2.45) is 10.8 Å². The molecular weight excluding hydrogens is 472 g/mol. The van der Waals surface area contributed by atoms with Gasteiger partial charge in [-0.1, -0.05) is 0 Å². The number of ether oxygens (including phenoxy) is 4. The highest BCUT2D eigenvalue weighted by molar-refractivity contribution is 5.97. The summed E-state index contributed by atoms with van der Waals surface area (Å²) < 4.78 is 19.7. The van der Waals surface area contributed by atoms with Crippen molar-refractivity contribution >= 4 is 35.5 Å². The molecule has 0 aliphatic rings. The fraction of sp³-hybridized carbons (Fsp3) is 0.560. The van der Waals surface area contributed by atoms with Gasteiger partial charge in [0.25, 0.3) is 5.91 Å². The van der Waals surface area contributed by atoms with Crippen molar-refractivity contribution in [1.82, 2.24) is 5.32 Å². The molecule has 11 nitrogen and oxygen atoms in total. The highest BCUT2D eigenvalue weighted by Gasteiger charge is 2.27. The van der Waals surface area contributed by atoms with Crippen LogP contribution >= 0.6 is 0 Å². The Kier molecular flexibility index (Phi) is 11.4. The summed E-state index contributed by atoms with van der Waals surface area (Å²) in [5.74, 6) is -3.34. The van der Waals surface area contributed by atoms with E-state index in [-0.39, 0.29) is 18.4 Å². The Balaban J connectivity index is 2.76. The number of carbonyl (C=O) groups is 5. The van der Waals surface area contributed by atoms with E-state index in [9.17, 15) is 24.0 Å². The molecule has 1 aromatic carbocycles. The molecule has 0 aromatic heterocycles. The van der Waals surface area contributed by atoms with Crippen LogP contribution in [0.15, 0.2) is 24.3 Å². The van der Waals surface area contributed by atoms with E-state index in [2.05, 4.69) is 10.6 Å². The summed E-state index contributed by atoms with van der Waals surface area (Å²) in [5.41, 5.74) is -0.478. The highest BCUT2D eigenvalue weighted by Crippen LogP contribution is 2.16. The first-order chi connectivity index (χ1) is 16.6. The van der Waals surface area contributed by atoms with E-state index in [1.165, 1.54) is 0 Å². The molecular formula is C25H36N2O9. The number of hydrogen-bond acceptors (Lipinski definition) is 10. The van der Waals surface area contributed by atoms with Crippen LogP contribution < -0.4 is 10.6 Å². The van der Waals surface area contributed by atoms with Crippen LogP contribution in [0.25, 0.3) is 0 Å². The average molecular weight is 509 g/mol. The molecule has 0 spiro atoms. The van der Waals surface area contributed by atoms with Crippen LogP contribution in [0.4, 0.5) is 5.69 Å². The number of nitrogens with one attached hydrogen (secondary N) is 2. The maximum absolute atomic E-state index is 12.7. The van der Waals surface area contributed by atoms with Crippen molar-refractivity contribution in [2.75, 3.05) is 26.0 Å².